The maximum Gasteiger partial charge on any atom is 0.124 e. The monoisotopic (exact) mass is 253 g/mol. The van der Waals surface area contributed by atoms with Gasteiger partial charge in [-0.05, 0) is 38.1 Å². The lowest BCUT2D eigenvalue weighted by Crippen LogP contribution is -2.18. The van der Waals surface area contributed by atoms with E-state index in [1.54, 1.807) is 6.08 Å². The third-order valence-corrected chi connectivity index (χ3v) is 2.75. The third kappa shape index (κ3) is 4.41. The Morgan fingerprint density at radius 2 is 2.24 bits per heavy atom. The van der Waals surface area contributed by atoms with Crippen molar-refractivity contribution in [1.29, 1.82) is 0 Å². The number of hydrogen-bond acceptors (Lipinski definition) is 2. The first-order valence-electron chi connectivity index (χ1n) is 5.91. The van der Waals surface area contributed by atoms with Gasteiger partial charge in [-0.15, -0.1) is 0 Å². The minimum Gasteiger partial charge on any atom is -0.489 e. The highest BCUT2D eigenvalue weighted by atomic mass is 35.5. The predicted molar refractivity (Wildman–Crippen MR) is 73.8 cm³/mol. The Labute approximate surface area is 109 Å². The van der Waals surface area contributed by atoms with Crippen molar-refractivity contribution >= 4 is 11.6 Å². The van der Waals surface area contributed by atoms with E-state index < -0.39 is 0 Å². The van der Waals surface area contributed by atoms with Crippen molar-refractivity contribution in [1.82, 2.24) is 5.32 Å². The van der Waals surface area contributed by atoms with Gasteiger partial charge in [0.1, 0.15) is 12.4 Å². The lowest BCUT2D eigenvalue weighted by atomic mass is 10.0. The summed E-state index contributed by atoms with van der Waals surface area (Å²) in [4.78, 5) is 0. The van der Waals surface area contributed by atoms with Gasteiger partial charge < -0.3 is 10.1 Å². The molecule has 0 saturated heterocycles. The first-order valence-corrected chi connectivity index (χ1v) is 6.34. The van der Waals surface area contributed by atoms with E-state index in [1.807, 2.05) is 0 Å². The molecule has 1 atom stereocenters. The fraction of sp³-hybridized carbons (Fsp3) is 0.429. The van der Waals surface area contributed by atoms with Crippen LogP contribution in [0.15, 0.2) is 29.8 Å². The first-order chi connectivity index (χ1) is 8.19. The van der Waals surface area contributed by atoms with E-state index in [9.17, 15) is 0 Å². The van der Waals surface area contributed by atoms with E-state index in [1.165, 1.54) is 16.7 Å². The predicted octanol–water partition coefficient (Wildman–Crippen LogP) is 3.80. The number of nitrogens with one attached hydrogen (secondary N) is 1. The Morgan fingerprint density at radius 3 is 2.88 bits per heavy atom. The van der Waals surface area contributed by atoms with E-state index in [0.29, 0.717) is 6.61 Å². The van der Waals surface area contributed by atoms with Gasteiger partial charge in [-0.25, -0.2) is 0 Å². The second-order valence-electron chi connectivity index (χ2n) is 3.99. The van der Waals surface area contributed by atoms with E-state index in [-0.39, 0.29) is 6.04 Å². The van der Waals surface area contributed by atoms with Gasteiger partial charge in [0.2, 0.25) is 0 Å². The molecule has 1 aromatic rings. The summed E-state index contributed by atoms with van der Waals surface area (Å²) in [5.74, 6) is 0.924. The van der Waals surface area contributed by atoms with Crippen molar-refractivity contribution in [2.75, 3.05) is 13.2 Å². The minimum atomic E-state index is 0.288. The summed E-state index contributed by atoms with van der Waals surface area (Å²) in [5.41, 5.74) is 3.85. The average molecular weight is 254 g/mol. The Bertz CT molecular complexity index is 376. The molecule has 0 heterocycles. The molecule has 17 heavy (non-hydrogen) atoms. The maximum atomic E-state index is 5.71. The zero-order chi connectivity index (χ0) is 12.7. The number of benzene rings is 1. The quantitative estimate of drug-likeness (QED) is 0.833. The summed E-state index contributed by atoms with van der Waals surface area (Å²) in [7, 11) is 0. The molecule has 0 amide bonds. The Morgan fingerprint density at radius 1 is 1.47 bits per heavy atom. The molecule has 0 radical (unpaired) electrons. The van der Waals surface area contributed by atoms with Gasteiger partial charge in [-0.2, -0.15) is 0 Å². The molecule has 2 nitrogen and oxygen atoms in total. The van der Waals surface area contributed by atoms with E-state index in [4.69, 9.17) is 16.3 Å². The number of aryl methyl sites for hydroxylation is 1. The van der Waals surface area contributed by atoms with Gasteiger partial charge in [-0.1, -0.05) is 30.7 Å². The second kappa shape index (κ2) is 7.36. The van der Waals surface area contributed by atoms with Crippen LogP contribution in [0.4, 0.5) is 0 Å². The molecular formula is C14H20ClNO. The molecule has 1 rings (SSSR count). The number of halogens is 1. The van der Waals surface area contributed by atoms with E-state index in [0.717, 1.165) is 12.3 Å². The van der Waals surface area contributed by atoms with E-state index in [2.05, 4.69) is 44.3 Å². The summed E-state index contributed by atoms with van der Waals surface area (Å²) >= 11 is 5.48. The van der Waals surface area contributed by atoms with Crippen LogP contribution in [-0.2, 0) is 0 Å². The van der Waals surface area contributed by atoms with Crippen molar-refractivity contribution in [3.05, 3.63) is 40.9 Å². The van der Waals surface area contributed by atoms with Crippen molar-refractivity contribution in [2.45, 2.75) is 26.8 Å². The molecule has 0 aliphatic carbocycles. The second-order valence-corrected chi connectivity index (χ2v) is 4.25. The number of rotatable bonds is 6. The Kier molecular flexibility index (Phi) is 6.09. The van der Waals surface area contributed by atoms with Crippen molar-refractivity contribution in [2.24, 2.45) is 0 Å². The van der Waals surface area contributed by atoms with Gasteiger partial charge in [0, 0.05) is 17.1 Å². The van der Waals surface area contributed by atoms with Crippen LogP contribution in [0.5, 0.6) is 5.75 Å². The summed E-state index contributed by atoms with van der Waals surface area (Å²) in [6.45, 7) is 7.74. The van der Waals surface area contributed by atoms with Crippen molar-refractivity contribution in [3.63, 3.8) is 0 Å². The summed E-state index contributed by atoms with van der Waals surface area (Å²) < 4.78 is 5.71. The SMILES string of the molecule is CCNC(C)c1ccc(C)cc1OC/C=C/Cl. The molecule has 0 aromatic heterocycles. The van der Waals surface area contributed by atoms with Crippen LogP contribution in [0.1, 0.15) is 31.0 Å². The molecule has 0 bridgehead atoms. The highest BCUT2D eigenvalue weighted by Gasteiger charge is 2.10. The van der Waals surface area contributed by atoms with Crippen LogP contribution >= 0.6 is 11.6 Å². The van der Waals surface area contributed by atoms with Crippen LogP contribution in [0, 0.1) is 6.92 Å². The van der Waals surface area contributed by atoms with Gasteiger partial charge >= 0.3 is 0 Å². The molecule has 1 unspecified atom stereocenters. The molecule has 0 spiro atoms. The average Bonchev–Trinajstić information content (AvgIpc) is 2.30. The van der Waals surface area contributed by atoms with Crippen molar-refractivity contribution in [3.8, 4) is 5.75 Å². The van der Waals surface area contributed by atoms with Crippen LogP contribution in [-0.4, -0.2) is 13.2 Å². The highest BCUT2D eigenvalue weighted by molar-refractivity contribution is 6.25. The molecule has 0 fully saturated rings. The topological polar surface area (TPSA) is 21.3 Å². The molecule has 1 N–H and O–H groups in total. The zero-order valence-electron chi connectivity index (χ0n) is 10.7. The number of hydrogen-bond donors (Lipinski definition) is 1. The van der Waals surface area contributed by atoms with Gasteiger partial charge in [-0.3, -0.25) is 0 Å². The fourth-order valence-electron chi connectivity index (χ4n) is 1.71. The minimum absolute atomic E-state index is 0.288. The molecule has 1 aromatic carbocycles. The van der Waals surface area contributed by atoms with Crippen LogP contribution < -0.4 is 10.1 Å². The van der Waals surface area contributed by atoms with Crippen molar-refractivity contribution < 1.29 is 4.74 Å². The highest BCUT2D eigenvalue weighted by Crippen LogP contribution is 2.26. The van der Waals surface area contributed by atoms with Gasteiger partial charge in [0.15, 0.2) is 0 Å². The van der Waals surface area contributed by atoms with Crippen LogP contribution in [0.25, 0.3) is 0 Å². The van der Waals surface area contributed by atoms with Gasteiger partial charge in [0.05, 0.1) is 0 Å². The Hall–Kier alpha value is -0.990. The largest absolute Gasteiger partial charge is 0.489 e. The molecule has 0 aliphatic rings. The van der Waals surface area contributed by atoms with Gasteiger partial charge in [0.25, 0.3) is 0 Å². The molecule has 94 valence electrons. The number of ether oxygens (including phenoxy) is 1. The fourth-order valence-corrected chi connectivity index (χ4v) is 1.79. The lowest BCUT2D eigenvalue weighted by Gasteiger charge is -2.17. The third-order valence-electron chi connectivity index (χ3n) is 2.57. The smallest absolute Gasteiger partial charge is 0.124 e. The normalized spacial score (nSPS) is 12.9. The van der Waals surface area contributed by atoms with Crippen LogP contribution in [0.2, 0.25) is 0 Å². The molecule has 0 saturated carbocycles. The molecular weight excluding hydrogens is 234 g/mol. The summed E-state index contributed by atoms with van der Waals surface area (Å²) in [6.07, 6.45) is 1.78. The first kappa shape index (κ1) is 14.1. The van der Waals surface area contributed by atoms with Crippen LogP contribution in [0.3, 0.4) is 0 Å². The van der Waals surface area contributed by atoms with E-state index >= 15 is 0 Å². The standard InChI is InChI=1S/C14H20ClNO/c1-4-16-12(3)13-7-6-11(2)10-14(13)17-9-5-8-15/h5-8,10,12,16H,4,9H2,1-3H3/b8-5+. The maximum absolute atomic E-state index is 5.71. The Balaban J connectivity index is 2.86. The summed E-state index contributed by atoms with van der Waals surface area (Å²) in [6, 6.07) is 6.57. The molecule has 3 heteroatoms. The zero-order valence-corrected chi connectivity index (χ0v) is 11.4. The summed E-state index contributed by atoms with van der Waals surface area (Å²) in [5, 5.41) is 3.39. The lowest BCUT2D eigenvalue weighted by molar-refractivity contribution is 0.354. The molecule has 0 aliphatic heterocycles.